The number of likely N-dealkylation sites (tertiary alicyclic amines) is 1. The summed E-state index contributed by atoms with van der Waals surface area (Å²) in [5.41, 5.74) is 0. The van der Waals surface area contributed by atoms with Gasteiger partial charge in [0.1, 0.15) is 0 Å². The van der Waals surface area contributed by atoms with E-state index in [4.69, 9.17) is 5.11 Å². The maximum Gasteiger partial charge on any atom is 0.308 e. The summed E-state index contributed by atoms with van der Waals surface area (Å²) in [5.74, 6) is -1.17. The van der Waals surface area contributed by atoms with Crippen LogP contribution in [0.25, 0.3) is 0 Å². The number of nitrogens with zero attached hydrogens (tertiary/aromatic N) is 1. The largest absolute Gasteiger partial charge is 0.481 e. The fraction of sp³-hybridized carbons (Fsp3) is 0.846. The lowest BCUT2D eigenvalue weighted by molar-refractivity contribution is -0.142. The number of carboxylic acid groups (broad SMARTS) is 1. The molecule has 1 amide bonds. The van der Waals surface area contributed by atoms with E-state index in [9.17, 15) is 9.59 Å². The van der Waals surface area contributed by atoms with Crippen molar-refractivity contribution in [1.29, 1.82) is 0 Å². The quantitative estimate of drug-likeness (QED) is 0.763. The van der Waals surface area contributed by atoms with Gasteiger partial charge in [0.25, 0.3) is 0 Å². The van der Waals surface area contributed by atoms with Crippen molar-refractivity contribution in [3.63, 3.8) is 0 Å². The standard InChI is InChI=1S/C13H22N2O3/c16-12(6-9-15-7-1-2-8-15)14-11-5-3-4-10(11)13(17)18/h10-11H,1-9H2,(H,14,16)(H,17,18). The highest BCUT2D eigenvalue weighted by Gasteiger charge is 2.33. The van der Waals surface area contributed by atoms with Gasteiger partial charge < -0.3 is 15.3 Å². The summed E-state index contributed by atoms with van der Waals surface area (Å²) in [6, 6.07) is -0.159. The molecule has 2 N–H and O–H groups in total. The van der Waals surface area contributed by atoms with E-state index in [0.29, 0.717) is 12.8 Å². The van der Waals surface area contributed by atoms with Gasteiger partial charge in [-0.05, 0) is 38.8 Å². The first-order chi connectivity index (χ1) is 8.66. The maximum absolute atomic E-state index is 11.8. The third-order valence-corrected chi connectivity index (χ3v) is 4.03. The van der Waals surface area contributed by atoms with E-state index in [1.54, 1.807) is 0 Å². The molecule has 1 saturated heterocycles. The zero-order chi connectivity index (χ0) is 13.0. The average Bonchev–Trinajstić information content (AvgIpc) is 2.96. The van der Waals surface area contributed by atoms with Crippen LogP contribution in [0.15, 0.2) is 0 Å². The summed E-state index contributed by atoms with van der Waals surface area (Å²) in [7, 11) is 0. The highest BCUT2D eigenvalue weighted by molar-refractivity contribution is 5.78. The molecule has 0 aromatic carbocycles. The molecular formula is C13H22N2O3. The number of hydrogen-bond donors (Lipinski definition) is 2. The Labute approximate surface area is 108 Å². The summed E-state index contributed by atoms with van der Waals surface area (Å²) >= 11 is 0. The predicted octanol–water partition coefficient (Wildman–Crippen LogP) is 0.842. The molecular weight excluding hydrogens is 232 g/mol. The lowest BCUT2D eigenvalue weighted by Gasteiger charge is -2.19. The lowest BCUT2D eigenvalue weighted by Crippen LogP contribution is -2.41. The van der Waals surface area contributed by atoms with Gasteiger partial charge in [-0.2, -0.15) is 0 Å². The van der Waals surface area contributed by atoms with Gasteiger partial charge in [0, 0.05) is 19.0 Å². The Bertz CT molecular complexity index is 313. The molecule has 0 radical (unpaired) electrons. The van der Waals surface area contributed by atoms with Gasteiger partial charge in [-0.25, -0.2) is 0 Å². The second-order valence-corrected chi connectivity index (χ2v) is 5.35. The minimum absolute atomic E-state index is 0.0000463. The van der Waals surface area contributed by atoms with Crippen molar-refractivity contribution in [3.05, 3.63) is 0 Å². The van der Waals surface area contributed by atoms with Crippen LogP contribution in [0.4, 0.5) is 0 Å². The van der Waals surface area contributed by atoms with Crippen molar-refractivity contribution >= 4 is 11.9 Å². The third kappa shape index (κ3) is 3.45. The fourth-order valence-corrected chi connectivity index (χ4v) is 2.97. The van der Waals surface area contributed by atoms with Gasteiger partial charge in [0.2, 0.25) is 5.91 Å². The molecule has 2 unspecified atom stereocenters. The molecule has 1 aliphatic heterocycles. The van der Waals surface area contributed by atoms with Gasteiger partial charge in [-0.15, -0.1) is 0 Å². The summed E-state index contributed by atoms with van der Waals surface area (Å²) in [5, 5.41) is 11.9. The van der Waals surface area contributed by atoms with Crippen molar-refractivity contribution in [1.82, 2.24) is 10.2 Å². The Morgan fingerprint density at radius 3 is 2.56 bits per heavy atom. The molecule has 2 rings (SSSR count). The number of carboxylic acids is 1. The van der Waals surface area contributed by atoms with Crippen molar-refractivity contribution in [2.75, 3.05) is 19.6 Å². The highest BCUT2D eigenvalue weighted by Crippen LogP contribution is 2.25. The van der Waals surface area contributed by atoms with E-state index in [1.807, 2.05) is 0 Å². The molecule has 2 fully saturated rings. The minimum Gasteiger partial charge on any atom is -0.481 e. The van der Waals surface area contributed by atoms with Crippen LogP contribution in [0.3, 0.4) is 0 Å². The molecule has 0 spiro atoms. The van der Waals surface area contributed by atoms with Crippen molar-refractivity contribution in [3.8, 4) is 0 Å². The number of carbonyl (C=O) groups is 2. The van der Waals surface area contributed by atoms with E-state index in [-0.39, 0.29) is 17.9 Å². The van der Waals surface area contributed by atoms with Crippen LogP contribution in [0.1, 0.15) is 38.5 Å². The topological polar surface area (TPSA) is 69.6 Å². The van der Waals surface area contributed by atoms with Crippen molar-refractivity contribution < 1.29 is 14.7 Å². The normalized spacial score (nSPS) is 28.4. The van der Waals surface area contributed by atoms with E-state index >= 15 is 0 Å². The van der Waals surface area contributed by atoms with E-state index < -0.39 is 5.97 Å². The van der Waals surface area contributed by atoms with E-state index in [2.05, 4.69) is 10.2 Å². The first-order valence-corrected chi connectivity index (χ1v) is 6.91. The Balaban J connectivity index is 1.71. The number of rotatable bonds is 5. The molecule has 2 atom stereocenters. The highest BCUT2D eigenvalue weighted by atomic mass is 16.4. The molecule has 102 valence electrons. The van der Waals surface area contributed by atoms with Crippen LogP contribution >= 0.6 is 0 Å². The third-order valence-electron chi connectivity index (χ3n) is 4.03. The zero-order valence-electron chi connectivity index (χ0n) is 10.7. The molecule has 1 aliphatic carbocycles. The van der Waals surface area contributed by atoms with Gasteiger partial charge in [-0.1, -0.05) is 6.42 Å². The van der Waals surface area contributed by atoms with Crippen molar-refractivity contribution in [2.24, 2.45) is 5.92 Å². The lowest BCUT2D eigenvalue weighted by atomic mass is 10.0. The Kier molecular flexibility index (Phi) is 4.58. The van der Waals surface area contributed by atoms with Gasteiger partial charge >= 0.3 is 5.97 Å². The Morgan fingerprint density at radius 1 is 1.17 bits per heavy atom. The van der Waals surface area contributed by atoms with E-state index in [1.165, 1.54) is 12.8 Å². The monoisotopic (exact) mass is 254 g/mol. The minimum atomic E-state index is -0.780. The molecule has 1 heterocycles. The van der Waals surface area contributed by atoms with Gasteiger partial charge in [-0.3, -0.25) is 9.59 Å². The molecule has 0 bridgehead atoms. The van der Waals surface area contributed by atoms with Crippen LogP contribution < -0.4 is 5.32 Å². The number of amides is 1. The molecule has 5 nitrogen and oxygen atoms in total. The smallest absolute Gasteiger partial charge is 0.308 e. The fourth-order valence-electron chi connectivity index (χ4n) is 2.97. The zero-order valence-corrected chi connectivity index (χ0v) is 10.7. The molecule has 2 aliphatic rings. The second kappa shape index (κ2) is 6.18. The van der Waals surface area contributed by atoms with Crippen molar-refractivity contribution in [2.45, 2.75) is 44.6 Å². The van der Waals surface area contributed by atoms with Crippen LogP contribution in [0.5, 0.6) is 0 Å². The SMILES string of the molecule is O=C(CCN1CCCC1)NC1CCCC1C(=O)O. The number of nitrogens with one attached hydrogen (secondary N) is 1. The first-order valence-electron chi connectivity index (χ1n) is 6.91. The molecule has 1 saturated carbocycles. The predicted molar refractivity (Wildman–Crippen MR) is 67.2 cm³/mol. The van der Waals surface area contributed by atoms with Crippen LogP contribution in [0, 0.1) is 5.92 Å². The number of hydrogen-bond acceptors (Lipinski definition) is 3. The molecule has 18 heavy (non-hydrogen) atoms. The molecule has 0 aromatic rings. The first kappa shape index (κ1) is 13.3. The van der Waals surface area contributed by atoms with Crippen LogP contribution in [-0.4, -0.2) is 47.6 Å². The summed E-state index contributed by atoms with van der Waals surface area (Å²) in [6.45, 7) is 2.99. The average molecular weight is 254 g/mol. The summed E-state index contributed by atoms with van der Waals surface area (Å²) in [6.07, 6.45) is 5.33. The number of carbonyl (C=O) groups excluding carboxylic acids is 1. The summed E-state index contributed by atoms with van der Waals surface area (Å²) < 4.78 is 0. The van der Waals surface area contributed by atoms with Crippen LogP contribution in [0.2, 0.25) is 0 Å². The van der Waals surface area contributed by atoms with E-state index in [0.717, 1.165) is 32.5 Å². The van der Waals surface area contributed by atoms with Crippen LogP contribution in [-0.2, 0) is 9.59 Å². The Hall–Kier alpha value is -1.10. The number of aliphatic carboxylic acids is 1. The summed E-state index contributed by atoms with van der Waals surface area (Å²) in [4.78, 5) is 25.1. The van der Waals surface area contributed by atoms with Gasteiger partial charge in [0.05, 0.1) is 5.92 Å². The molecule has 5 heteroatoms. The Morgan fingerprint density at radius 2 is 1.89 bits per heavy atom. The van der Waals surface area contributed by atoms with Gasteiger partial charge in [0.15, 0.2) is 0 Å². The molecule has 0 aromatic heterocycles. The second-order valence-electron chi connectivity index (χ2n) is 5.35. The maximum atomic E-state index is 11.8.